The van der Waals surface area contributed by atoms with Gasteiger partial charge in [0.2, 0.25) is 6.23 Å². The number of carbonyl (C=O) groups excluding carboxylic acids is 1. The first-order valence-corrected chi connectivity index (χ1v) is 7.34. The molecule has 1 unspecified atom stereocenters. The van der Waals surface area contributed by atoms with E-state index in [-0.39, 0.29) is 0 Å². The zero-order chi connectivity index (χ0) is 15.0. The number of rotatable bonds is 1. The van der Waals surface area contributed by atoms with Gasteiger partial charge >= 0.3 is 0 Å². The summed E-state index contributed by atoms with van der Waals surface area (Å²) in [5.41, 5.74) is 2.56. The number of fused-ring (bicyclic) bond motifs is 1. The Balaban J connectivity index is 2.24. The molecule has 3 rings (SSSR count). The lowest BCUT2D eigenvalue weighted by atomic mass is 10.0. The van der Waals surface area contributed by atoms with Crippen molar-refractivity contribution in [2.45, 2.75) is 6.23 Å². The molecular weight excluding hydrogens is 356 g/mol. The largest absolute Gasteiger partial charge is 0.364 e. The van der Waals surface area contributed by atoms with Gasteiger partial charge in [0, 0.05) is 20.6 Å². The number of benzodiazepines with no additional fused rings is 1. The van der Waals surface area contributed by atoms with Crippen LogP contribution >= 0.6 is 27.5 Å². The van der Waals surface area contributed by atoms with E-state index < -0.39 is 12.1 Å². The molecule has 2 aromatic rings. The molecule has 106 valence electrons. The van der Waals surface area contributed by atoms with Crippen molar-refractivity contribution >= 4 is 44.8 Å². The summed E-state index contributed by atoms with van der Waals surface area (Å²) in [6.07, 6.45) is -1.45. The SMILES string of the molecule is O=C1Nc2ccc(Br)cc2C(c2cccc(Cl)c2)=NC1O. The quantitative estimate of drug-likeness (QED) is 0.815. The van der Waals surface area contributed by atoms with E-state index in [1.807, 2.05) is 18.2 Å². The summed E-state index contributed by atoms with van der Waals surface area (Å²) >= 11 is 9.42. The van der Waals surface area contributed by atoms with E-state index in [2.05, 4.69) is 26.2 Å². The van der Waals surface area contributed by atoms with E-state index in [9.17, 15) is 9.90 Å². The number of aliphatic hydroxyl groups excluding tert-OH is 1. The number of benzene rings is 2. The second-order valence-electron chi connectivity index (χ2n) is 4.54. The van der Waals surface area contributed by atoms with Gasteiger partial charge in [0.05, 0.1) is 11.4 Å². The molecule has 0 aliphatic carbocycles. The molecule has 6 heteroatoms. The van der Waals surface area contributed by atoms with Gasteiger partial charge < -0.3 is 10.4 Å². The van der Waals surface area contributed by atoms with Crippen LogP contribution in [0.25, 0.3) is 0 Å². The minimum atomic E-state index is -1.45. The third-order valence-electron chi connectivity index (χ3n) is 3.08. The Hall–Kier alpha value is -1.69. The summed E-state index contributed by atoms with van der Waals surface area (Å²) in [4.78, 5) is 15.9. The normalized spacial score (nSPS) is 17.6. The average molecular weight is 366 g/mol. The standard InChI is InChI=1S/C15H10BrClN2O2/c16-9-4-5-12-11(7-9)13(19-15(21)14(20)18-12)8-2-1-3-10(17)6-8/h1-7,15,21H,(H,18,20). The first-order chi connectivity index (χ1) is 10.0. The second kappa shape index (κ2) is 5.60. The molecule has 2 aromatic carbocycles. The van der Waals surface area contributed by atoms with Crippen LogP contribution < -0.4 is 5.32 Å². The van der Waals surface area contributed by atoms with E-state index >= 15 is 0 Å². The van der Waals surface area contributed by atoms with Crippen LogP contribution in [0.2, 0.25) is 5.02 Å². The minimum Gasteiger partial charge on any atom is -0.364 e. The molecule has 0 saturated carbocycles. The molecule has 2 N–H and O–H groups in total. The number of halogens is 2. The predicted molar refractivity (Wildman–Crippen MR) is 85.9 cm³/mol. The second-order valence-corrected chi connectivity index (χ2v) is 5.89. The maximum atomic E-state index is 11.8. The number of amides is 1. The third-order valence-corrected chi connectivity index (χ3v) is 3.81. The Bertz CT molecular complexity index is 761. The zero-order valence-corrected chi connectivity index (χ0v) is 13.0. The highest BCUT2D eigenvalue weighted by Gasteiger charge is 2.24. The van der Waals surface area contributed by atoms with Crippen LogP contribution in [0.1, 0.15) is 11.1 Å². The van der Waals surface area contributed by atoms with Crippen LogP contribution in [0.5, 0.6) is 0 Å². The Morgan fingerprint density at radius 1 is 1.24 bits per heavy atom. The van der Waals surface area contributed by atoms with Gasteiger partial charge in [-0.25, -0.2) is 4.99 Å². The Kier molecular flexibility index (Phi) is 3.80. The van der Waals surface area contributed by atoms with E-state index in [0.29, 0.717) is 16.4 Å². The molecule has 1 aliphatic heterocycles. The van der Waals surface area contributed by atoms with Crippen molar-refractivity contribution < 1.29 is 9.90 Å². The molecule has 0 bridgehead atoms. The molecular formula is C15H10BrClN2O2. The maximum absolute atomic E-state index is 11.8. The minimum absolute atomic E-state index is 0.514. The molecule has 0 saturated heterocycles. The van der Waals surface area contributed by atoms with Crippen molar-refractivity contribution in [2.24, 2.45) is 4.99 Å². The van der Waals surface area contributed by atoms with Crippen molar-refractivity contribution in [3.63, 3.8) is 0 Å². The Labute approximate surface area is 134 Å². The number of nitrogens with one attached hydrogen (secondary N) is 1. The van der Waals surface area contributed by atoms with Crippen LogP contribution in [-0.2, 0) is 4.79 Å². The van der Waals surface area contributed by atoms with Gasteiger partial charge in [-0.1, -0.05) is 39.7 Å². The lowest BCUT2D eigenvalue weighted by molar-refractivity contribution is -0.123. The molecule has 1 atom stereocenters. The highest BCUT2D eigenvalue weighted by Crippen LogP contribution is 2.27. The first-order valence-electron chi connectivity index (χ1n) is 6.17. The fourth-order valence-electron chi connectivity index (χ4n) is 2.13. The van der Waals surface area contributed by atoms with Crippen molar-refractivity contribution in [1.82, 2.24) is 0 Å². The monoisotopic (exact) mass is 364 g/mol. The van der Waals surface area contributed by atoms with Gasteiger partial charge in [0.15, 0.2) is 0 Å². The van der Waals surface area contributed by atoms with Crippen LogP contribution in [0.4, 0.5) is 5.69 Å². The maximum Gasteiger partial charge on any atom is 0.276 e. The van der Waals surface area contributed by atoms with Crippen LogP contribution in [-0.4, -0.2) is 23.0 Å². The van der Waals surface area contributed by atoms with Crippen LogP contribution in [0.3, 0.4) is 0 Å². The number of aliphatic hydroxyl groups is 1. The summed E-state index contributed by atoms with van der Waals surface area (Å²) in [5, 5.41) is 13.1. The van der Waals surface area contributed by atoms with E-state index in [1.54, 1.807) is 24.3 Å². The first kappa shape index (κ1) is 14.3. The van der Waals surface area contributed by atoms with Crippen molar-refractivity contribution in [3.05, 3.63) is 63.1 Å². The van der Waals surface area contributed by atoms with Gasteiger partial charge in [0.25, 0.3) is 5.91 Å². The smallest absolute Gasteiger partial charge is 0.276 e. The van der Waals surface area contributed by atoms with Gasteiger partial charge in [-0.3, -0.25) is 4.79 Å². The van der Waals surface area contributed by atoms with Crippen molar-refractivity contribution in [3.8, 4) is 0 Å². The Morgan fingerprint density at radius 3 is 2.81 bits per heavy atom. The summed E-state index contributed by atoms with van der Waals surface area (Å²) in [6, 6.07) is 12.5. The number of hydrogen-bond donors (Lipinski definition) is 2. The Morgan fingerprint density at radius 2 is 2.05 bits per heavy atom. The fourth-order valence-corrected chi connectivity index (χ4v) is 2.69. The summed E-state index contributed by atoms with van der Waals surface area (Å²) in [5.74, 6) is -0.560. The lowest BCUT2D eigenvalue weighted by Gasteiger charge is -2.10. The molecule has 0 spiro atoms. The van der Waals surface area contributed by atoms with Gasteiger partial charge in [-0.15, -0.1) is 0 Å². The van der Waals surface area contributed by atoms with Gasteiger partial charge in [-0.2, -0.15) is 0 Å². The predicted octanol–water partition coefficient (Wildman–Crippen LogP) is 3.21. The number of aliphatic imine (C=N–C) groups is 1. The highest BCUT2D eigenvalue weighted by molar-refractivity contribution is 9.10. The number of anilines is 1. The summed E-state index contributed by atoms with van der Waals surface area (Å²) in [6.45, 7) is 0. The van der Waals surface area contributed by atoms with E-state index in [1.165, 1.54) is 0 Å². The fraction of sp³-hybridized carbons (Fsp3) is 0.0667. The zero-order valence-electron chi connectivity index (χ0n) is 10.7. The van der Waals surface area contributed by atoms with Crippen LogP contribution in [0.15, 0.2) is 51.9 Å². The van der Waals surface area contributed by atoms with Gasteiger partial charge in [0.1, 0.15) is 0 Å². The summed E-state index contributed by atoms with van der Waals surface area (Å²) < 4.78 is 0.849. The number of carbonyl (C=O) groups is 1. The molecule has 1 heterocycles. The lowest BCUT2D eigenvalue weighted by Crippen LogP contribution is -2.24. The van der Waals surface area contributed by atoms with E-state index in [0.717, 1.165) is 15.6 Å². The molecule has 4 nitrogen and oxygen atoms in total. The number of hydrogen-bond acceptors (Lipinski definition) is 3. The molecule has 0 aromatic heterocycles. The summed E-state index contributed by atoms with van der Waals surface area (Å²) in [7, 11) is 0. The molecule has 1 amide bonds. The van der Waals surface area contributed by atoms with Crippen LogP contribution in [0, 0.1) is 0 Å². The average Bonchev–Trinajstić information content (AvgIpc) is 2.57. The van der Waals surface area contributed by atoms with Crippen molar-refractivity contribution in [1.29, 1.82) is 0 Å². The molecule has 1 aliphatic rings. The van der Waals surface area contributed by atoms with Gasteiger partial charge in [-0.05, 0) is 30.3 Å². The highest BCUT2D eigenvalue weighted by atomic mass is 79.9. The third kappa shape index (κ3) is 2.85. The van der Waals surface area contributed by atoms with Crippen molar-refractivity contribution in [2.75, 3.05) is 5.32 Å². The molecule has 0 fully saturated rings. The number of nitrogens with zero attached hydrogens (tertiary/aromatic N) is 1. The molecule has 21 heavy (non-hydrogen) atoms. The van der Waals surface area contributed by atoms with E-state index in [4.69, 9.17) is 11.6 Å². The topological polar surface area (TPSA) is 61.7 Å². The molecule has 0 radical (unpaired) electrons.